The van der Waals surface area contributed by atoms with Gasteiger partial charge in [0.15, 0.2) is 0 Å². The number of anilines is 1. The number of nitrogens with two attached hydrogens (primary N) is 1. The van der Waals surface area contributed by atoms with Gasteiger partial charge in [-0.25, -0.2) is 0 Å². The number of amides is 1. The van der Waals surface area contributed by atoms with Crippen molar-refractivity contribution in [2.45, 2.75) is 13.5 Å². The van der Waals surface area contributed by atoms with Gasteiger partial charge in [0.05, 0.1) is 4.92 Å². The normalized spacial score (nSPS) is 10.1. The number of carbonyl (C=O) groups excluding carboxylic acids is 1. The van der Waals surface area contributed by atoms with Crippen molar-refractivity contribution in [1.29, 1.82) is 0 Å². The van der Waals surface area contributed by atoms with Gasteiger partial charge in [-0.3, -0.25) is 19.9 Å². The summed E-state index contributed by atoms with van der Waals surface area (Å²) in [6.45, 7) is 2.25. The first-order valence-corrected chi connectivity index (χ1v) is 6.20. The number of nitro benzene ring substituents is 1. The third kappa shape index (κ3) is 3.33. The second kappa shape index (κ2) is 6.00. The van der Waals surface area contributed by atoms with E-state index < -0.39 is 4.92 Å². The van der Waals surface area contributed by atoms with E-state index in [1.165, 1.54) is 18.2 Å². The number of hydrogen-bond donors (Lipinski definition) is 2. The lowest BCUT2D eigenvalue weighted by Gasteiger charge is -2.08. The topological polar surface area (TPSA) is 111 Å². The number of aryl methyl sites for hydroxylation is 1. The summed E-state index contributed by atoms with van der Waals surface area (Å²) in [5.74, 6) is -0.347. The summed E-state index contributed by atoms with van der Waals surface area (Å²) < 4.78 is 0. The minimum Gasteiger partial charge on any atom is -0.393 e. The fraction of sp³-hybridized carbons (Fsp3) is 0.143. The van der Waals surface area contributed by atoms with Crippen LogP contribution in [-0.2, 0) is 6.54 Å². The average Bonchev–Trinajstić information content (AvgIpc) is 2.45. The lowest BCUT2D eigenvalue weighted by Crippen LogP contribution is -2.23. The molecule has 0 aliphatic heterocycles. The van der Waals surface area contributed by atoms with Gasteiger partial charge in [-0.1, -0.05) is 0 Å². The Morgan fingerprint density at radius 3 is 2.81 bits per heavy atom. The number of rotatable bonds is 4. The Labute approximate surface area is 121 Å². The third-order valence-electron chi connectivity index (χ3n) is 3.07. The SMILES string of the molecule is Cc1ccncc1CNC(=O)c1ccc([N+](=O)[O-])c(N)c1. The van der Waals surface area contributed by atoms with E-state index in [0.717, 1.165) is 11.1 Å². The quantitative estimate of drug-likeness (QED) is 0.506. The molecule has 108 valence electrons. The van der Waals surface area contributed by atoms with Crippen LogP contribution in [0.1, 0.15) is 21.5 Å². The Morgan fingerprint density at radius 2 is 2.19 bits per heavy atom. The Hall–Kier alpha value is -2.96. The number of carbonyl (C=O) groups is 1. The molecule has 7 heteroatoms. The first-order valence-electron chi connectivity index (χ1n) is 6.20. The molecule has 7 nitrogen and oxygen atoms in total. The van der Waals surface area contributed by atoms with Crippen LogP contribution in [0.2, 0.25) is 0 Å². The molecule has 0 aliphatic rings. The number of nitrogens with one attached hydrogen (secondary N) is 1. The maximum Gasteiger partial charge on any atom is 0.292 e. The van der Waals surface area contributed by atoms with Gasteiger partial charge in [0.25, 0.3) is 11.6 Å². The second-order valence-corrected chi connectivity index (χ2v) is 4.52. The smallest absolute Gasteiger partial charge is 0.292 e. The molecule has 0 aliphatic carbocycles. The van der Waals surface area contributed by atoms with Crippen molar-refractivity contribution in [3.05, 3.63) is 63.5 Å². The van der Waals surface area contributed by atoms with Crippen molar-refractivity contribution >= 4 is 17.3 Å². The van der Waals surface area contributed by atoms with E-state index in [-0.39, 0.29) is 22.8 Å². The molecular weight excluding hydrogens is 272 g/mol. The van der Waals surface area contributed by atoms with Gasteiger partial charge in [0, 0.05) is 30.6 Å². The Morgan fingerprint density at radius 1 is 1.43 bits per heavy atom. The van der Waals surface area contributed by atoms with Gasteiger partial charge in [0.1, 0.15) is 5.69 Å². The highest BCUT2D eigenvalue weighted by Gasteiger charge is 2.14. The van der Waals surface area contributed by atoms with Crippen LogP contribution in [0.15, 0.2) is 36.7 Å². The summed E-state index contributed by atoms with van der Waals surface area (Å²) in [7, 11) is 0. The zero-order valence-electron chi connectivity index (χ0n) is 11.4. The number of nitro groups is 1. The molecule has 2 aromatic rings. The molecule has 0 saturated heterocycles. The maximum atomic E-state index is 12.0. The summed E-state index contributed by atoms with van der Waals surface area (Å²) in [4.78, 5) is 26.1. The van der Waals surface area contributed by atoms with Crippen LogP contribution in [0.25, 0.3) is 0 Å². The Bertz CT molecular complexity index is 700. The predicted molar refractivity (Wildman–Crippen MR) is 77.7 cm³/mol. The predicted octanol–water partition coefficient (Wildman–Crippen LogP) is 1.81. The zero-order chi connectivity index (χ0) is 15.4. The Balaban J connectivity index is 2.09. The highest BCUT2D eigenvalue weighted by Crippen LogP contribution is 2.22. The lowest BCUT2D eigenvalue weighted by molar-refractivity contribution is -0.383. The molecule has 1 heterocycles. The highest BCUT2D eigenvalue weighted by molar-refractivity contribution is 5.95. The molecule has 0 atom stereocenters. The van der Waals surface area contributed by atoms with E-state index in [4.69, 9.17) is 5.73 Å². The number of hydrogen-bond acceptors (Lipinski definition) is 5. The summed E-state index contributed by atoms with van der Waals surface area (Å²) in [6.07, 6.45) is 3.36. The van der Waals surface area contributed by atoms with Crippen LogP contribution in [0, 0.1) is 17.0 Å². The van der Waals surface area contributed by atoms with Gasteiger partial charge >= 0.3 is 0 Å². The molecule has 0 radical (unpaired) electrons. The monoisotopic (exact) mass is 286 g/mol. The van der Waals surface area contributed by atoms with E-state index >= 15 is 0 Å². The fourth-order valence-electron chi connectivity index (χ4n) is 1.82. The molecule has 1 aromatic heterocycles. The molecule has 0 spiro atoms. The number of pyridine rings is 1. The average molecular weight is 286 g/mol. The Kier molecular flexibility index (Phi) is 4.13. The van der Waals surface area contributed by atoms with Crippen LogP contribution in [-0.4, -0.2) is 15.8 Å². The minimum atomic E-state index is -0.587. The molecule has 2 rings (SSSR count). The van der Waals surface area contributed by atoms with Crippen molar-refractivity contribution in [3.8, 4) is 0 Å². The first kappa shape index (κ1) is 14.4. The van der Waals surface area contributed by atoms with Crippen LogP contribution >= 0.6 is 0 Å². The molecule has 0 bridgehead atoms. The van der Waals surface area contributed by atoms with E-state index in [1.807, 2.05) is 13.0 Å². The van der Waals surface area contributed by atoms with Gasteiger partial charge in [-0.05, 0) is 36.2 Å². The molecule has 3 N–H and O–H groups in total. The summed E-state index contributed by atoms with van der Waals surface area (Å²) in [5, 5.41) is 13.4. The van der Waals surface area contributed by atoms with Crippen molar-refractivity contribution in [3.63, 3.8) is 0 Å². The third-order valence-corrected chi connectivity index (χ3v) is 3.07. The number of nitrogens with zero attached hydrogens (tertiary/aromatic N) is 2. The molecule has 0 saturated carbocycles. The van der Waals surface area contributed by atoms with Crippen molar-refractivity contribution in [2.24, 2.45) is 0 Å². The zero-order valence-corrected chi connectivity index (χ0v) is 11.4. The number of aromatic nitrogens is 1. The number of nitrogen functional groups attached to an aromatic ring is 1. The van der Waals surface area contributed by atoms with Crippen LogP contribution in [0.4, 0.5) is 11.4 Å². The van der Waals surface area contributed by atoms with Crippen molar-refractivity contribution in [1.82, 2.24) is 10.3 Å². The maximum absolute atomic E-state index is 12.0. The van der Waals surface area contributed by atoms with Gasteiger partial charge in [-0.2, -0.15) is 0 Å². The second-order valence-electron chi connectivity index (χ2n) is 4.52. The van der Waals surface area contributed by atoms with E-state index in [2.05, 4.69) is 10.3 Å². The molecule has 1 aromatic carbocycles. The first-order chi connectivity index (χ1) is 9.99. The minimum absolute atomic E-state index is 0.0368. The van der Waals surface area contributed by atoms with Gasteiger partial charge in [0.2, 0.25) is 0 Å². The molecule has 21 heavy (non-hydrogen) atoms. The standard InChI is InChI=1S/C14H14N4O3/c1-9-4-5-16-7-11(9)8-17-14(19)10-2-3-13(18(20)21)12(15)6-10/h2-7H,8,15H2,1H3,(H,17,19). The van der Waals surface area contributed by atoms with Crippen molar-refractivity contribution in [2.75, 3.05) is 5.73 Å². The van der Waals surface area contributed by atoms with E-state index in [1.54, 1.807) is 12.4 Å². The largest absolute Gasteiger partial charge is 0.393 e. The van der Waals surface area contributed by atoms with Crippen molar-refractivity contribution < 1.29 is 9.72 Å². The lowest BCUT2D eigenvalue weighted by atomic mass is 10.1. The van der Waals surface area contributed by atoms with Crippen LogP contribution in [0.5, 0.6) is 0 Å². The van der Waals surface area contributed by atoms with E-state index in [0.29, 0.717) is 6.54 Å². The highest BCUT2D eigenvalue weighted by atomic mass is 16.6. The summed E-state index contributed by atoms with van der Waals surface area (Å²) in [5.41, 5.74) is 7.51. The van der Waals surface area contributed by atoms with Crippen LogP contribution in [0.3, 0.4) is 0 Å². The van der Waals surface area contributed by atoms with Gasteiger partial charge in [-0.15, -0.1) is 0 Å². The molecular formula is C14H14N4O3. The van der Waals surface area contributed by atoms with Crippen LogP contribution < -0.4 is 11.1 Å². The van der Waals surface area contributed by atoms with Gasteiger partial charge < -0.3 is 11.1 Å². The van der Waals surface area contributed by atoms with E-state index in [9.17, 15) is 14.9 Å². The fourth-order valence-corrected chi connectivity index (χ4v) is 1.82. The summed E-state index contributed by atoms with van der Waals surface area (Å²) in [6, 6.07) is 5.74. The molecule has 1 amide bonds. The number of benzene rings is 1. The molecule has 0 fully saturated rings. The molecule has 0 unspecified atom stereocenters. The summed E-state index contributed by atoms with van der Waals surface area (Å²) >= 11 is 0.